The molecule has 0 aliphatic heterocycles. The first-order valence-electron chi connectivity index (χ1n) is 7.25. The molecule has 2 amide bonds. The fraction of sp³-hybridized carbons (Fsp3) is 0.600. The van der Waals surface area contributed by atoms with E-state index in [2.05, 4.69) is 12.2 Å². The van der Waals surface area contributed by atoms with Gasteiger partial charge in [-0.25, -0.2) is 0 Å². The van der Waals surface area contributed by atoms with Gasteiger partial charge in [0, 0.05) is 20.2 Å². The summed E-state index contributed by atoms with van der Waals surface area (Å²) in [5, 5.41) is 11.8. The van der Waals surface area contributed by atoms with Gasteiger partial charge in [0.15, 0.2) is 5.76 Å². The Morgan fingerprint density at radius 3 is 2.76 bits per heavy atom. The Bertz CT molecular complexity index is 425. The number of nitrogens with zero attached hydrogens (tertiary/aromatic N) is 1. The normalized spacial score (nSPS) is 12.0. The minimum absolute atomic E-state index is 0.0164. The van der Waals surface area contributed by atoms with Crippen molar-refractivity contribution in [1.29, 1.82) is 0 Å². The molecule has 1 aromatic heterocycles. The lowest BCUT2D eigenvalue weighted by Gasteiger charge is -2.18. The van der Waals surface area contributed by atoms with Crippen molar-refractivity contribution in [2.75, 3.05) is 26.7 Å². The second-order valence-electron chi connectivity index (χ2n) is 5.11. The molecule has 0 aliphatic carbocycles. The van der Waals surface area contributed by atoms with Crippen LogP contribution in [0, 0.1) is 5.92 Å². The average molecular weight is 296 g/mol. The summed E-state index contributed by atoms with van der Waals surface area (Å²) in [6.45, 7) is 2.70. The summed E-state index contributed by atoms with van der Waals surface area (Å²) in [7, 11) is 1.56. The summed E-state index contributed by atoms with van der Waals surface area (Å²) in [4.78, 5) is 25.1. The molecule has 1 atom stereocenters. The molecule has 6 heteroatoms. The van der Waals surface area contributed by atoms with Crippen molar-refractivity contribution in [3.63, 3.8) is 0 Å². The molecule has 21 heavy (non-hydrogen) atoms. The number of nitrogens with one attached hydrogen (secondary N) is 1. The fourth-order valence-corrected chi connectivity index (χ4v) is 2.13. The third-order valence-corrected chi connectivity index (χ3v) is 3.28. The van der Waals surface area contributed by atoms with E-state index in [-0.39, 0.29) is 36.6 Å². The van der Waals surface area contributed by atoms with E-state index < -0.39 is 0 Å². The smallest absolute Gasteiger partial charge is 0.289 e. The predicted octanol–water partition coefficient (Wildman–Crippen LogP) is 1.27. The van der Waals surface area contributed by atoms with Gasteiger partial charge in [0.05, 0.1) is 12.8 Å². The van der Waals surface area contributed by atoms with Crippen LogP contribution in [0.4, 0.5) is 0 Å². The second-order valence-corrected chi connectivity index (χ2v) is 5.11. The van der Waals surface area contributed by atoms with Crippen molar-refractivity contribution in [3.05, 3.63) is 24.2 Å². The lowest BCUT2D eigenvalue weighted by atomic mass is 10.0. The first-order valence-corrected chi connectivity index (χ1v) is 7.25. The lowest BCUT2D eigenvalue weighted by molar-refractivity contribution is -0.121. The molecule has 0 aliphatic rings. The number of hydrogen-bond donors (Lipinski definition) is 2. The molecular weight excluding hydrogens is 272 g/mol. The summed E-state index contributed by atoms with van der Waals surface area (Å²) < 4.78 is 5.01. The Morgan fingerprint density at radius 2 is 2.19 bits per heavy atom. The highest BCUT2D eigenvalue weighted by Crippen LogP contribution is 2.09. The minimum atomic E-state index is -0.324. The molecule has 1 aromatic rings. The molecule has 2 N–H and O–H groups in total. The van der Waals surface area contributed by atoms with Gasteiger partial charge in [-0.15, -0.1) is 0 Å². The molecular formula is C15H24N2O4. The first kappa shape index (κ1) is 17.2. The zero-order valence-electron chi connectivity index (χ0n) is 12.7. The maximum Gasteiger partial charge on any atom is 0.289 e. The molecule has 118 valence electrons. The number of aliphatic hydroxyl groups is 1. The van der Waals surface area contributed by atoms with E-state index in [4.69, 9.17) is 9.52 Å². The summed E-state index contributed by atoms with van der Waals surface area (Å²) in [5.41, 5.74) is 0. The molecule has 1 rings (SSSR count). The van der Waals surface area contributed by atoms with Gasteiger partial charge in [0.25, 0.3) is 5.91 Å². The van der Waals surface area contributed by atoms with E-state index in [0.717, 1.165) is 12.8 Å². The van der Waals surface area contributed by atoms with Crippen molar-refractivity contribution >= 4 is 11.8 Å². The Balaban J connectivity index is 2.37. The highest BCUT2D eigenvalue weighted by atomic mass is 16.3. The van der Waals surface area contributed by atoms with Crippen molar-refractivity contribution in [3.8, 4) is 0 Å². The van der Waals surface area contributed by atoms with Crippen molar-refractivity contribution < 1.29 is 19.1 Å². The maximum atomic E-state index is 11.9. The molecule has 1 heterocycles. The van der Waals surface area contributed by atoms with Crippen LogP contribution in [0.15, 0.2) is 22.8 Å². The molecule has 0 aromatic carbocycles. The number of carbonyl (C=O) groups excluding carboxylic acids is 2. The van der Waals surface area contributed by atoms with Gasteiger partial charge in [-0.2, -0.15) is 0 Å². The highest BCUT2D eigenvalue weighted by molar-refractivity contribution is 5.94. The molecule has 1 unspecified atom stereocenters. The molecule has 0 fully saturated rings. The van der Waals surface area contributed by atoms with Gasteiger partial charge in [-0.05, 0) is 30.9 Å². The minimum Gasteiger partial charge on any atom is -0.459 e. The van der Waals surface area contributed by atoms with E-state index in [1.165, 1.54) is 11.2 Å². The number of aliphatic hydroxyl groups excluding tert-OH is 1. The quantitative estimate of drug-likeness (QED) is 0.719. The van der Waals surface area contributed by atoms with Crippen LogP contribution in [0.25, 0.3) is 0 Å². The van der Waals surface area contributed by atoms with Crippen molar-refractivity contribution in [2.24, 2.45) is 5.92 Å². The molecule has 0 spiro atoms. The Kier molecular flexibility index (Phi) is 7.53. The maximum absolute atomic E-state index is 11.9. The number of amides is 2. The monoisotopic (exact) mass is 296 g/mol. The summed E-state index contributed by atoms with van der Waals surface area (Å²) >= 11 is 0. The fourth-order valence-electron chi connectivity index (χ4n) is 2.13. The van der Waals surface area contributed by atoms with Gasteiger partial charge >= 0.3 is 0 Å². The first-order chi connectivity index (χ1) is 10.1. The molecule has 0 bridgehead atoms. The van der Waals surface area contributed by atoms with Gasteiger partial charge < -0.3 is 19.7 Å². The second kappa shape index (κ2) is 9.18. The van der Waals surface area contributed by atoms with E-state index in [9.17, 15) is 9.59 Å². The van der Waals surface area contributed by atoms with Gasteiger partial charge in [0.1, 0.15) is 0 Å². The van der Waals surface area contributed by atoms with E-state index in [1.807, 2.05) is 0 Å². The van der Waals surface area contributed by atoms with Crippen LogP contribution in [-0.2, 0) is 4.79 Å². The lowest BCUT2D eigenvalue weighted by Crippen LogP contribution is -2.40. The summed E-state index contributed by atoms with van der Waals surface area (Å²) in [6, 6.07) is 3.20. The predicted molar refractivity (Wildman–Crippen MR) is 78.8 cm³/mol. The SMILES string of the molecule is CCCC(CCO)CNC(=O)CN(C)C(=O)c1ccco1. The van der Waals surface area contributed by atoms with Crippen LogP contribution in [-0.4, -0.2) is 48.6 Å². The van der Waals surface area contributed by atoms with E-state index in [0.29, 0.717) is 13.0 Å². The zero-order chi connectivity index (χ0) is 15.7. The Hall–Kier alpha value is -1.82. The molecule has 0 saturated heterocycles. The number of rotatable bonds is 9. The number of likely N-dealkylation sites (N-methyl/N-ethyl adjacent to an activating group) is 1. The highest BCUT2D eigenvalue weighted by Gasteiger charge is 2.17. The van der Waals surface area contributed by atoms with Crippen LogP contribution >= 0.6 is 0 Å². The van der Waals surface area contributed by atoms with E-state index >= 15 is 0 Å². The third kappa shape index (κ3) is 5.99. The van der Waals surface area contributed by atoms with Gasteiger partial charge in [-0.1, -0.05) is 13.3 Å². The van der Waals surface area contributed by atoms with Gasteiger partial charge in [-0.3, -0.25) is 9.59 Å². The standard InChI is InChI=1S/C15H24N2O4/c1-3-5-12(7-8-18)10-16-14(19)11-17(2)15(20)13-6-4-9-21-13/h4,6,9,12,18H,3,5,7-8,10-11H2,1-2H3,(H,16,19). The number of furan rings is 1. The van der Waals surface area contributed by atoms with Crippen molar-refractivity contribution in [1.82, 2.24) is 10.2 Å². The zero-order valence-corrected chi connectivity index (χ0v) is 12.7. The number of carbonyl (C=O) groups is 2. The van der Waals surface area contributed by atoms with Crippen LogP contribution in [0.5, 0.6) is 0 Å². The van der Waals surface area contributed by atoms with Crippen molar-refractivity contribution in [2.45, 2.75) is 26.2 Å². The molecule has 0 radical (unpaired) electrons. The average Bonchev–Trinajstić information content (AvgIpc) is 2.98. The largest absolute Gasteiger partial charge is 0.459 e. The molecule has 6 nitrogen and oxygen atoms in total. The summed E-state index contributed by atoms with van der Waals surface area (Å²) in [6.07, 6.45) is 4.07. The topological polar surface area (TPSA) is 82.8 Å². The van der Waals surface area contributed by atoms with Crippen LogP contribution in [0.3, 0.4) is 0 Å². The van der Waals surface area contributed by atoms with Crippen LogP contribution in [0.1, 0.15) is 36.7 Å². The van der Waals surface area contributed by atoms with E-state index in [1.54, 1.807) is 19.2 Å². The van der Waals surface area contributed by atoms with Crippen LogP contribution < -0.4 is 5.32 Å². The van der Waals surface area contributed by atoms with Gasteiger partial charge in [0.2, 0.25) is 5.91 Å². The number of hydrogen-bond acceptors (Lipinski definition) is 4. The Morgan fingerprint density at radius 1 is 1.43 bits per heavy atom. The third-order valence-electron chi connectivity index (χ3n) is 3.28. The molecule has 0 saturated carbocycles. The van der Waals surface area contributed by atoms with Crippen LogP contribution in [0.2, 0.25) is 0 Å². The summed E-state index contributed by atoms with van der Waals surface area (Å²) in [5.74, 6) is -0.0449. The Labute approximate surface area is 125 Å².